The van der Waals surface area contributed by atoms with Crippen molar-refractivity contribution in [3.05, 3.63) is 29.3 Å². The van der Waals surface area contributed by atoms with Crippen molar-refractivity contribution in [2.45, 2.75) is 19.0 Å². The van der Waals surface area contributed by atoms with Crippen LogP contribution < -0.4 is 16.8 Å². The number of carbonyl (C=O) groups is 1. The lowest BCUT2D eigenvalue weighted by atomic mass is 10.1. The lowest BCUT2D eigenvalue weighted by molar-refractivity contribution is -0.137. The van der Waals surface area contributed by atoms with Crippen LogP contribution in [-0.4, -0.2) is 17.4 Å². The molecule has 0 aliphatic carbocycles. The number of hydrogen-bond acceptors (Lipinski definition) is 3. The van der Waals surface area contributed by atoms with Crippen LogP contribution in [0.15, 0.2) is 18.2 Å². The minimum absolute atomic E-state index is 0.204. The van der Waals surface area contributed by atoms with Gasteiger partial charge in [0.1, 0.15) is 4.99 Å². The van der Waals surface area contributed by atoms with Crippen molar-refractivity contribution in [1.82, 2.24) is 0 Å². The third kappa shape index (κ3) is 4.69. The second-order valence-electron chi connectivity index (χ2n) is 4.12. The van der Waals surface area contributed by atoms with E-state index in [4.69, 9.17) is 11.5 Å². The van der Waals surface area contributed by atoms with Gasteiger partial charge in [-0.2, -0.15) is 13.2 Å². The summed E-state index contributed by atoms with van der Waals surface area (Å²) in [6.45, 7) is 0.408. The molecule has 0 heterocycles. The first-order valence-electron chi connectivity index (χ1n) is 5.75. The summed E-state index contributed by atoms with van der Waals surface area (Å²) in [5, 5.41) is 2.88. The largest absolute Gasteiger partial charge is 0.417 e. The van der Waals surface area contributed by atoms with E-state index < -0.39 is 17.6 Å². The molecule has 0 saturated carbocycles. The Morgan fingerprint density at radius 3 is 2.45 bits per heavy atom. The van der Waals surface area contributed by atoms with Gasteiger partial charge in [0.15, 0.2) is 0 Å². The van der Waals surface area contributed by atoms with E-state index in [1.54, 1.807) is 0 Å². The van der Waals surface area contributed by atoms with E-state index in [0.29, 0.717) is 18.7 Å². The Kier molecular flexibility index (Phi) is 5.32. The van der Waals surface area contributed by atoms with Crippen LogP contribution in [0.4, 0.5) is 18.9 Å². The fourth-order valence-electron chi connectivity index (χ4n) is 1.60. The van der Waals surface area contributed by atoms with Gasteiger partial charge in [0.25, 0.3) is 0 Å². The maximum Gasteiger partial charge on any atom is 0.417 e. The number of primary amides is 1. The lowest BCUT2D eigenvalue weighted by Gasteiger charge is -2.14. The summed E-state index contributed by atoms with van der Waals surface area (Å²) in [4.78, 5) is 10.2. The summed E-state index contributed by atoms with van der Waals surface area (Å²) < 4.78 is 38.2. The summed E-state index contributed by atoms with van der Waals surface area (Å²) in [7, 11) is 0. The van der Waals surface area contributed by atoms with Gasteiger partial charge >= 0.3 is 6.18 Å². The average Bonchev–Trinajstić information content (AvgIpc) is 2.33. The van der Waals surface area contributed by atoms with Crippen LogP contribution in [0.1, 0.15) is 24.0 Å². The van der Waals surface area contributed by atoms with E-state index in [9.17, 15) is 18.0 Å². The quantitative estimate of drug-likeness (QED) is 0.555. The van der Waals surface area contributed by atoms with E-state index in [1.807, 2.05) is 0 Å². The number of carbonyl (C=O) groups excluding carboxylic acids is 1. The normalized spacial score (nSPS) is 11.2. The second-order valence-corrected chi connectivity index (χ2v) is 4.56. The molecule has 0 radical (unpaired) electrons. The van der Waals surface area contributed by atoms with Crippen LogP contribution in [0.2, 0.25) is 0 Å². The molecule has 8 heteroatoms. The molecule has 20 heavy (non-hydrogen) atoms. The first-order valence-corrected chi connectivity index (χ1v) is 6.16. The van der Waals surface area contributed by atoms with Crippen molar-refractivity contribution in [2.24, 2.45) is 11.5 Å². The standard InChI is InChI=1S/C12H14F3N3OS/c13-12(14,15)9-4-3-7(6-8(9)11(17)20)18-5-1-2-10(16)19/h3-4,6,18H,1-2,5H2,(H2,16,19)(H2,17,20). The minimum atomic E-state index is -4.51. The van der Waals surface area contributed by atoms with Crippen molar-refractivity contribution >= 4 is 28.8 Å². The number of hydrogen-bond donors (Lipinski definition) is 3. The molecule has 5 N–H and O–H groups in total. The molecule has 110 valence electrons. The number of alkyl halides is 3. The second kappa shape index (κ2) is 6.56. The number of thiocarbonyl (C=S) groups is 1. The number of anilines is 1. The zero-order chi connectivity index (χ0) is 15.3. The maximum absolute atomic E-state index is 12.7. The zero-order valence-corrected chi connectivity index (χ0v) is 11.3. The van der Waals surface area contributed by atoms with Crippen LogP contribution >= 0.6 is 12.2 Å². The topological polar surface area (TPSA) is 81.1 Å². The average molecular weight is 305 g/mol. The van der Waals surface area contributed by atoms with Gasteiger partial charge in [-0.25, -0.2) is 0 Å². The summed E-state index contributed by atoms with van der Waals surface area (Å²) in [5.41, 5.74) is 9.65. The van der Waals surface area contributed by atoms with Crippen molar-refractivity contribution in [2.75, 3.05) is 11.9 Å². The molecule has 1 aromatic rings. The Bertz CT molecular complexity index is 517. The molecule has 1 amide bonds. The molecule has 0 aliphatic heterocycles. The molecule has 0 unspecified atom stereocenters. The van der Waals surface area contributed by atoms with Crippen molar-refractivity contribution < 1.29 is 18.0 Å². The molecule has 0 spiro atoms. The third-order valence-corrected chi connectivity index (χ3v) is 2.74. The molecular formula is C12H14F3N3OS. The highest BCUT2D eigenvalue weighted by molar-refractivity contribution is 7.80. The number of rotatable bonds is 6. The van der Waals surface area contributed by atoms with Gasteiger partial charge in [-0.15, -0.1) is 0 Å². The summed E-state index contributed by atoms with van der Waals surface area (Å²) in [5.74, 6) is -0.428. The molecular weight excluding hydrogens is 291 g/mol. The van der Waals surface area contributed by atoms with Gasteiger partial charge in [0, 0.05) is 24.2 Å². The molecule has 0 aliphatic rings. The first kappa shape index (κ1) is 16.2. The molecule has 0 saturated heterocycles. The molecule has 4 nitrogen and oxygen atoms in total. The zero-order valence-electron chi connectivity index (χ0n) is 10.5. The summed E-state index contributed by atoms with van der Waals surface area (Å²) in [6, 6.07) is 3.45. The highest BCUT2D eigenvalue weighted by atomic mass is 32.1. The van der Waals surface area contributed by atoms with Crippen molar-refractivity contribution in [1.29, 1.82) is 0 Å². The SMILES string of the molecule is NC(=O)CCCNc1ccc(C(F)(F)F)c(C(N)=S)c1. The molecule has 0 atom stereocenters. The Labute approximate surface area is 119 Å². The molecule has 0 aromatic heterocycles. The van der Waals surface area contributed by atoms with Gasteiger partial charge < -0.3 is 16.8 Å². The predicted octanol–water partition coefficient (Wildman–Crippen LogP) is 2.02. The van der Waals surface area contributed by atoms with Crippen molar-refractivity contribution in [3.63, 3.8) is 0 Å². The molecule has 0 bridgehead atoms. The molecule has 1 rings (SSSR count). The van der Waals surface area contributed by atoms with E-state index in [0.717, 1.165) is 6.07 Å². The number of nitrogens with two attached hydrogens (primary N) is 2. The lowest BCUT2D eigenvalue weighted by Crippen LogP contribution is -2.18. The predicted molar refractivity (Wildman–Crippen MR) is 74.2 cm³/mol. The number of halogens is 3. The van der Waals surface area contributed by atoms with E-state index in [1.165, 1.54) is 12.1 Å². The van der Waals surface area contributed by atoms with E-state index in [-0.39, 0.29) is 17.0 Å². The third-order valence-electron chi connectivity index (χ3n) is 2.52. The van der Waals surface area contributed by atoms with Crippen LogP contribution in [0.5, 0.6) is 0 Å². The summed E-state index contributed by atoms with van der Waals surface area (Å²) >= 11 is 4.64. The van der Waals surface area contributed by atoms with Gasteiger partial charge in [-0.1, -0.05) is 12.2 Å². The fraction of sp³-hybridized carbons (Fsp3) is 0.333. The summed E-state index contributed by atoms with van der Waals surface area (Å²) in [6.07, 6.45) is -3.82. The Hall–Kier alpha value is -1.83. The number of benzene rings is 1. The number of amides is 1. The van der Waals surface area contributed by atoms with Gasteiger partial charge in [-0.05, 0) is 24.6 Å². The van der Waals surface area contributed by atoms with Gasteiger partial charge in [0.2, 0.25) is 5.91 Å². The highest BCUT2D eigenvalue weighted by Crippen LogP contribution is 2.33. The molecule has 1 aromatic carbocycles. The first-order chi connectivity index (χ1) is 9.21. The van der Waals surface area contributed by atoms with Crippen LogP contribution in [0.3, 0.4) is 0 Å². The van der Waals surface area contributed by atoms with Gasteiger partial charge in [-0.3, -0.25) is 4.79 Å². The Morgan fingerprint density at radius 2 is 1.95 bits per heavy atom. The Morgan fingerprint density at radius 1 is 1.30 bits per heavy atom. The monoisotopic (exact) mass is 305 g/mol. The van der Waals surface area contributed by atoms with Crippen LogP contribution in [0, 0.1) is 0 Å². The fourth-order valence-corrected chi connectivity index (χ4v) is 1.77. The number of nitrogens with one attached hydrogen (secondary N) is 1. The Balaban J connectivity index is 2.83. The van der Waals surface area contributed by atoms with E-state index >= 15 is 0 Å². The highest BCUT2D eigenvalue weighted by Gasteiger charge is 2.33. The van der Waals surface area contributed by atoms with Gasteiger partial charge in [0.05, 0.1) is 5.56 Å². The van der Waals surface area contributed by atoms with Crippen LogP contribution in [-0.2, 0) is 11.0 Å². The minimum Gasteiger partial charge on any atom is -0.389 e. The van der Waals surface area contributed by atoms with Crippen LogP contribution in [0.25, 0.3) is 0 Å². The smallest absolute Gasteiger partial charge is 0.389 e. The van der Waals surface area contributed by atoms with E-state index in [2.05, 4.69) is 17.5 Å². The maximum atomic E-state index is 12.7. The molecule has 0 fully saturated rings. The van der Waals surface area contributed by atoms with Crippen molar-refractivity contribution in [3.8, 4) is 0 Å².